The van der Waals surface area contributed by atoms with Gasteiger partial charge in [-0.25, -0.2) is 27.5 Å². The molecule has 0 aliphatic heterocycles. The van der Waals surface area contributed by atoms with E-state index in [4.69, 9.17) is 9.15 Å². The minimum Gasteiger partial charge on any atom is -0.497 e. The van der Waals surface area contributed by atoms with E-state index in [0.29, 0.717) is 41.9 Å². The van der Waals surface area contributed by atoms with Gasteiger partial charge in [0.2, 0.25) is 16.0 Å². The summed E-state index contributed by atoms with van der Waals surface area (Å²) in [5.41, 5.74) is 2.88. The summed E-state index contributed by atoms with van der Waals surface area (Å²) in [6.45, 7) is 0.607. The van der Waals surface area contributed by atoms with Crippen LogP contribution in [0.15, 0.2) is 82.6 Å². The Labute approximate surface area is 212 Å². The van der Waals surface area contributed by atoms with Crippen LogP contribution in [0.5, 0.6) is 5.75 Å². The first-order valence-corrected chi connectivity index (χ1v) is 12.9. The molecular weight excluding hydrogens is 499 g/mol. The Morgan fingerprint density at radius 3 is 2.73 bits per heavy atom. The van der Waals surface area contributed by atoms with Crippen LogP contribution < -0.4 is 14.8 Å². The van der Waals surface area contributed by atoms with Crippen LogP contribution in [-0.2, 0) is 10.0 Å². The van der Waals surface area contributed by atoms with Crippen LogP contribution in [0.4, 0.5) is 10.3 Å². The van der Waals surface area contributed by atoms with E-state index in [1.807, 2.05) is 28.7 Å². The molecule has 0 saturated carbocycles. The van der Waals surface area contributed by atoms with E-state index in [1.165, 1.54) is 12.1 Å². The second-order valence-corrected chi connectivity index (χ2v) is 9.76. The summed E-state index contributed by atoms with van der Waals surface area (Å²) in [4.78, 5) is 13.6. The number of oxazole rings is 1. The first kappa shape index (κ1) is 24.4. The van der Waals surface area contributed by atoms with Crippen LogP contribution in [0.3, 0.4) is 0 Å². The van der Waals surface area contributed by atoms with Crippen molar-refractivity contribution in [2.45, 2.75) is 11.3 Å². The molecule has 190 valence electrons. The molecule has 37 heavy (non-hydrogen) atoms. The Morgan fingerprint density at radius 1 is 1.08 bits per heavy atom. The van der Waals surface area contributed by atoms with Gasteiger partial charge >= 0.3 is 5.84 Å². The van der Waals surface area contributed by atoms with Crippen LogP contribution in [0.1, 0.15) is 6.42 Å². The summed E-state index contributed by atoms with van der Waals surface area (Å²) < 4.78 is 52.9. The highest BCUT2D eigenvalue weighted by atomic mass is 32.2. The van der Waals surface area contributed by atoms with E-state index in [1.54, 1.807) is 31.8 Å². The standard InChI is InChI=1S/C25H23FN6O4S/c1-35-19-5-2-4-17(16-19)22-23(32-14-15-36-25(32)31-22)21-10-13-28-24(30-21)27-11-3-12-29-37(33,34)20-8-6-18(26)7-9-20/h2,4-10,13-16,29H,3,11-12H2,1H3,(H,27,28,30). The molecule has 0 aliphatic carbocycles. The third kappa shape index (κ3) is 5.29. The van der Waals surface area contributed by atoms with E-state index in [9.17, 15) is 12.8 Å². The van der Waals surface area contributed by atoms with Gasteiger partial charge in [0.1, 0.15) is 29.2 Å². The Bertz CT molecular complexity index is 1630. The molecular formula is C25H23FN6O4S. The number of hydrogen-bond acceptors (Lipinski definition) is 8. The van der Waals surface area contributed by atoms with Crippen LogP contribution in [0.25, 0.3) is 28.5 Å². The predicted octanol–water partition coefficient (Wildman–Crippen LogP) is 3.98. The lowest BCUT2D eigenvalue weighted by atomic mass is 10.1. The summed E-state index contributed by atoms with van der Waals surface area (Å²) >= 11 is 0. The maximum atomic E-state index is 13.1. The summed E-state index contributed by atoms with van der Waals surface area (Å²) in [6, 6.07) is 14.0. The summed E-state index contributed by atoms with van der Waals surface area (Å²) in [5, 5.41) is 3.12. The number of sulfonamides is 1. The van der Waals surface area contributed by atoms with Crippen LogP contribution >= 0.6 is 0 Å². The van der Waals surface area contributed by atoms with Crippen LogP contribution in [0, 0.1) is 5.82 Å². The van der Waals surface area contributed by atoms with Crippen molar-refractivity contribution in [1.29, 1.82) is 0 Å². The van der Waals surface area contributed by atoms with Gasteiger partial charge in [0.25, 0.3) is 0 Å². The fraction of sp³-hybridized carbons (Fsp3) is 0.160. The van der Waals surface area contributed by atoms with Crippen LogP contribution in [-0.4, -0.2) is 48.0 Å². The number of aromatic nitrogens is 4. The number of halogens is 1. The Morgan fingerprint density at radius 2 is 1.92 bits per heavy atom. The molecule has 0 fully saturated rings. The van der Waals surface area contributed by atoms with Crippen molar-refractivity contribution in [1.82, 2.24) is 24.1 Å². The summed E-state index contributed by atoms with van der Waals surface area (Å²) in [6.07, 6.45) is 5.43. The number of benzene rings is 2. The highest BCUT2D eigenvalue weighted by Crippen LogP contribution is 2.33. The van der Waals surface area contributed by atoms with Gasteiger partial charge in [0, 0.05) is 31.0 Å². The van der Waals surface area contributed by atoms with Gasteiger partial charge in [0.15, 0.2) is 0 Å². The number of methoxy groups -OCH3 is 1. The summed E-state index contributed by atoms with van der Waals surface area (Å²) in [7, 11) is -2.11. The van der Waals surface area contributed by atoms with Crippen molar-refractivity contribution in [2.24, 2.45) is 0 Å². The second kappa shape index (κ2) is 10.4. The fourth-order valence-electron chi connectivity index (χ4n) is 3.77. The molecule has 2 N–H and O–H groups in total. The van der Waals surface area contributed by atoms with E-state index in [-0.39, 0.29) is 11.4 Å². The molecule has 0 bridgehead atoms. The van der Waals surface area contributed by atoms with E-state index in [0.717, 1.165) is 23.4 Å². The maximum Gasteiger partial charge on any atom is 0.306 e. The molecule has 5 aromatic rings. The number of ether oxygens (including phenoxy) is 1. The zero-order chi connectivity index (χ0) is 25.8. The molecule has 0 spiro atoms. The quantitative estimate of drug-likeness (QED) is 0.264. The van der Waals surface area contributed by atoms with E-state index < -0.39 is 15.8 Å². The zero-order valence-corrected chi connectivity index (χ0v) is 20.6. The third-order valence-electron chi connectivity index (χ3n) is 5.56. The molecule has 3 heterocycles. The Hall–Kier alpha value is -4.29. The van der Waals surface area contributed by atoms with E-state index in [2.05, 4.69) is 25.0 Å². The van der Waals surface area contributed by atoms with Gasteiger partial charge in [-0.05, 0) is 48.9 Å². The number of imidazole rings is 1. The van der Waals surface area contributed by atoms with Gasteiger partial charge in [-0.1, -0.05) is 12.1 Å². The highest BCUT2D eigenvalue weighted by molar-refractivity contribution is 7.89. The number of hydrogen-bond donors (Lipinski definition) is 2. The zero-order valence-electron chi connectivity index (χ0n) is 19.8. The molecule has 2 aromatic carbocycles. The maximum absolute atomic E-state index is 13.1. The van der Waals surface area contributed by atoms with Crippen molar-refractivity contribution < 1.29 is 22.0 Å². The van der Waals surface area contributed by atoms with Gasteiger partial charge in [-0.3, -0.25) is 4.40 Å². The molecule has 0 atom stereocenters. The number of nitrogens with zero attached hydrogens (tertiary/aromatic N) is 4. The molecule has 0 radical (unpaired) electrons. The monoisotopic (exact) mass is 522 g/mol. The first-order chi connectivity index (χ1) is 17.9. The largest absolute Gasteiger partial charge is 0.497 e. The topological polar surface area (TPSA) is 124 Å². The van der Waals surface area contributed by atoms with Gasteiger partial charge in [-0.15, -0.1) is 0 Å². The summed E-state index contributed by atoms with van der Waals surface area (Å²) in [5.74, 6) is 1.02. The smallest absolute Gasteiger partial charge is 0.306 e. The molecule has 10 nitrogen and oxygen atoms in total. The van der Waals surface area contributed by atoms with Crippen molar-refractivity contribution >= 4 is 21.8 Å². The average Bonchev–Trinajstić information content (AvgIpc) is 3.50. The van der Waals surface area contributed by atoms with Crippen molar-refractivity contribution in [2.75, 3.05) is 25.5 Å². The lowest BCUT2D eigenvalue weighted by Gasteiger charge is -2.09. The molecule has 0 aliphatic rings. The fourth-order valence-corrected chi connectivity index (χ4v) is 4.84. The van der Waals surface area contributed by atoms with Gasteiger partial charge in [-0.2, -0.15) is 4.98 Å². The van der Waals surface area contributed by atoms with Crippen LogP contribution in [0.2, 0.25) is 0 Å². The van der Waals surface area contributed by atoms with Crippen molar-refractivity contribution in [3.05, 3.63) is 79.1 Å². The lowest BCUT2D eigenvalue weighted by Crippen LogP contribution is -2.26. The number of anilines is 1. The van der Waals surface area contributed by atoms with Gasteiger partial charge in [0.05, 0.1) is 17.7 Å². The van der Waals surface area contributed by atoms with Crippen molar-refractivity contribution in [3.8, 4) is 28.4 Å². The lowest BCUT2D eigenvalue weighted by molar-refractivity contribution is 0.415. The number of fused-ring (bicyclic) bond motifs is 1. The normalized spacial score (nSPS) is 11.6. The minimum absolute atomic E-state index is 0.0103. The number of rotatable bonds is 10. The molecule has 5 rings (SSSR count). The second-order valence-electron chi connectivity index (χ2n) is 7.99. The molecule has 0 unspecified atom stereocenters. The average molecular weight is 523 g/mol. The van der Waals surface area contributed by atoms with Crippen molar-refractivity contribution in [3.63, 3.8) is 0 Å². The SMILES string of the molecule is COc1cccc(-c2nc3occn3c2-c2ccnc(NCCCNS(=O)(=O)c3ccc(F)cc3)n2)c1. The molecule has 3 aromatic heterocycles. The highest BCUT2D eigenvalue weighted by Gasteiger charge is 2.20. The molecule has 12 heteroatoms. The first-order valence-electron chi connectivity index (χ1n) is 11.4. The van der Waals surface area contributed by atoms with Gasteiger partial charge < -0.3 is 14.5 Å². The molecule has 0 amide bonds. The van der Waals surface area contributed by atoms with E-state index >= 15 is 0 Å². The predicted molar refractivity (Wildman–Crippen MR) is 135 cm³/mol. The number of nitrogens with one attached hydrogen (secondary N) is 2. The Balaban J connectivity index is 1.29. The Kier molecular flexibility index (Phi) is 6.84. The third-order valence-corrected chi connectivity index (χ3v) is 7.03. The molecule has 0 saturated heterocycles. The minimum atomic E-state index is -3.71.